The Morgan fingerprint density at radius 1 is 1.28 bits per heavy atom. The second-order valence-corrected chi connectivity index (χ2v) is 7.38. The van der Waals surface area contributed by atoms with E-state index >= 15 is 0 Å². The van der Waals surface area contributed by atoms with Gasteiger partial charge in [-0.15, -0.1) is 11.3 Å². The molecular weight excluding hydrogens is 388 g/mol. The quantitative estimate of drug-likeness (QED) is 0.471. The van der Waals surface area contributed by atoms with E-state index in [0.717, 1.165) is 10.3 Å². The standard InChI is InChI=1S/C21H22N4O3S/c1-3-7-14(4-2)13-25-11-10-15(24-25)12-22-20(28)18(26)19(27)21-23-16-8-5-6-9-17(16)29-21/h3-11,18-19,26-27H,1-2,12-13H2,(H,22,28)/b14-7+/t18-,19-/m1/s1. The number of carbonyl (C=O) groups is 1. The third-order valence-electron chi connectivity index (χ3n) is 4.21. The number of para-hydroxylation sites is 1. The molecule has 0 spiro atoms. The van der Waals surface area contributed by atoms with Crippen molar-refractivity contribution in [2.24, 2.45) is 0 Å². The molecule has 3 N–H and O–H groups in total. The van der Waals surface area contributed by atoms with E-state index in [1.54, 1.807) is 29.1 Å². The van der Waals surface area contributed by atoms with Crippen LogP contribution in [0.5, 0.6) is 0 Å². The predicted molar refractivity (Wildman–Crippen MR) is 113 cm³/mol. The molecule has 1 aromatic carbocycles. The highest BCUT2D eigenvalue weighted by atomic mass is 32.1. The van der Waals surface area contributed by atoms with Crippen molar-refractivity contribution in [1.29, 1.82) is 0 Å². The molecule has 3 aromatic rings. The first-order valence-electron chi connectivity index (χ1n) is 8.97. The Balaban J connectivity index is 1.58. The number of thiazole rings is 1. The molecular formula is C21H22N4O3S. The number of benzene rings is 1. The molecule has 7 nitrogen and oxygen atoms in total. The Morgan fingerprint density at radius 3 is 2.79 bits per heavy atom. The topological polar surface area (TPSA) is 100 Å². The number of aliphatic hydroxyl groups is 2. The zero-order chi connectivity index (χ0) is 20.8. The Morgan fingerprint density at radius 2 is 2.07 bits per heavy atom. The van der Waals surface area contributed by atoms with Gasteiger partial charge < -0.3 is 15.5 Å². The lowest BCUT2D eigenvalue weighted by Gasteiger charge is -2.15. The molecule has 150 valence electrons. The van der Waals surface area contributed by atoms with Crippen LogP contribution in [0.15, 0.2) is 73.5 Å². The van der Waals surface area contributed by atoms with Crippen molar-refractivity contribution in [3.05, 3.63) is 84.2 Å². The van der Waals surface area contributed by atoms with Crippen LogP contribution >= 0.6 is 11.3 Å². The van der Waals surface area contributed by atoms with Gasteiger partial charge in [0.1, 0.15) is 11.1 Å². The molecule has 3 rings (SSSR count). The van der Waals surface area contributed by atoms with Gasteiger partial charge in [0, 0.05) is 6.20 Å². The molecule has 0 aliphatic rings. The van der Waals surface area contributed by atoms with Crippen molar-refractivity contribution < 1.29 is 15.0 Å². The first-order valence-corrected chi connectivity index (χ1v) is 9.79. The monoisotopic (exact) mass is 410 g/mol. The van der Waals surface area contributed by atoms with Crippen molar-refractivity contribution in [1.82, 2.24) is 20.1 Å². The van der Waals surface area contributed by atoms with Crippen LogP contribution < -0.4 is 5.32 Å². The van der Waals surface area contributed by atoms with Crippen LogP contribution in [0.2, 0.25) is 0 Å². The highest BCUT2D eigenvalue weighted by Gasteiger charge is 2.28. The summed E-state index contributed by atoms with van der Waals surface area (Å²) in [5.74, 6) is -0.690. The molecule has 2 heterocycles. The van der Waals surface area contributed by atoms with Crippen LogP contribution in [-0.4, -0.2) is 37.0 Å². The Kier molecular flexibility index (Phi) is 6.71. The van der Waals surface area contributed by atoms with Gasteiger partial charge in [-0.3, -0.25) is 9.48 Å². The zero-order valence-corrected chi connectivity index (χ0v) is 16.5. The van der Waals surface area contributed by atoms with Gasteiger partial charge in [-0.25, -0.2) is 4.98 Å². The number of nitrogens with one attached hydrogen (secondary N) is 1. The SMILES string of the molecule is C=C/C=C(\C=C)Cn1ccc(CNC(=O)[C@H](O)[C@@H](O)c2nc3ccccc3s2)n1. The summed E-state index contributed by atoms with van der Waals surface area (Å²) in [6.45, 7) is 8.07. The average Bonchev–Trinajstić information content (AvgIpc) is 3.37. The molecule has 0 saturated heterocycles. The molecule has 0 radical (unpaired) electrons. The summed E-state index contributed by atoms with van der Waals surface area (Å²) in [5.41, 5.74) is 2.30. The Hall–Kier alpha value is -3.07. The first kappa shape index (κ1) is 20.7. The van der Waals surface area contributed by atoms with Crippen LogP contribution in [0.1, 0.15) is 16.8 Å². The number of hydrogen-bond acceptors (Lipinski definition) is 6. The second-order valence-electron chi connectivity index (χ2n) is 6.31. The molecule has 8 heteroatoms. The maximum absolute atomic E-state index is 12.3. The number of rotatable bonds is 9. The molecule has 0 aliphatic carbocycles. The summed E-state index contributed by atoms with van der Waals surface area (Å²) in [7, 11) is 0. The average molecular weight is 410 g/mol. The van der Waals surface area contributed by atoms with Crippen molar-refractivity contribution in [2.45, 2.75) is 25.3 Å². The van der Waals surface area contributed by atoms with Crippen molar-refractivity contribution in [3.63, 3.8) is 0 Å². The summed E-state index contributed by atoms with van der Waals surface area (Å²) >= 11 is 1.24. The van der Waals surface area contributed by atoms with Crippen LogP contribution in [0.25, 0.3) is 10.2 Å². The fraction of sp³-hybridized carbons (Fsp3) is 0.190. The van der Waals surface area contributed by atoms with Gasteiger partial charge >= 0.3 is 0 Å². The van der Waals surface area contributed by atoms with E-state index in [1.807, 2.05) is 30.3 Å². The van der Waals surface area contributed by atoms with Gasteiger partial charge in [-0.1, -0.05) is 43.5 Å². The molecule has 1 amide bonds. The van der Waals surface area contributed by atoms with E-state index < -0.39 is 18.1 Å². The van der Waals surface area contributed by atoms with E-state index in [9.17, 15) is 15.0 Å². The second kappa shape index (κ2) is 9.42. The molecule has 29 heavy (non-hydrogen) atoms. The maximum atomic E-state index is 12.3. The number of aromatic nitrogens is 3. The number of allylic oxidation sites excluding steroid dienone is 4. The number of fused-ring (bicyclic) bond motifs is 1. The van der Waals surface area contributed by atoms with E-state index in [2.05, 4.69) is 28.6 Å². The number of amides is 1. The summed E-state index contributed by atoms with van der Waals surface area (Å²) in [6, 6.07) is 9.15. The number of nitrogens with zero attached hydrogens (tertiary/aromatic N) is 3. The normalized spacial score (nSPS) is 13.8. The van der Waals surface area contributed by atoms with Crippen LogP contribution in [0.3, 0.4) is 0 Å². The molecule has 2 atom stereocenters. The third kappa shape index (κ3) is 5.05. The first-order chi connectivity index (χ1) is 14.0. The number of carbonyl (C=O) groups excluding carboxylic acids is 1. The van der Waals surface area contributed by atoms with Crippen molar-refractivity contribution in [3.8, 4) is 0 Å². The van der Waals surface area contributed by atoms with Crippen LogP contribution in [0, 0.1) is 0 Å². The van der Waals surface area contributed by atoms with E-state index in [0.29, 0.717) is 22.8 Å². The highest BCUT2D eigenvalue weighted by Crippen LogP contribution is 2.28. The number of aliphatic hydroxyl groups excluding tert-OH is 2. The highest BCUT2D eigenvalue weighted by molar-refractivity contribution is 7.18. The van der Waals surface area contributed by atoms with Crippen LogP contribution in [0.4, 0.5) is 0 Å². The van der Waals surface area contributed by atoms with E-state index in [4.69, 9.17) is 0 Å². The lowest BCUT2D eigenvalue weighted by atomic mass is 10.2. The van der Waals surface area contributed by atoms with Gasteiger partial charge in [0.15, 0.2) is 6.10 Å². The van der Waals surface area contributed by atoms with Crippen molar-refractivity contribution >= 4 is 27.5 Å². The smallest absolute Gasteiger partial charge is 0.252 e. The van der Waals surface area contributed by atoms with Gasteiger partial charge in [0.2, 0.25) is 0 Å². The molecule has 2 aromatic heterocycles. The number of hydrogen-bond donors (Lipinski definition) is 3. The lowest BCUT2D eigenvalue weighted by molar-refractivity contribution is -0.135. The van der Waals surface area contributed by atoms with E-state index in [-0.39, 0.29) is 6.54 Å². The van der Waals surface area contributed by atoms with Crippen molar-refractivity contribution in [2.75, 3.05) is 0 Å². The third-order valence-corrected chi connectivity index (χ3v) is 5.32. The fourth-order valence-corrected chi connectivity index (χ4v) is 3.67. The minimum Gasteiger partial charge on any atom is -0.383 e. The molecule has 0 saturated carbocycles. The fourth-order valence-electron chi connectivity index (χ4n) is 2.69. The summed E-state index contributed by atoms with van der Waals surface area (Å²) in [4.78, 5) is 16.5. The summed E-state index contributed by atoms with van der Waals surface area (Å²) in [6.07, 6.45) is 4.01. The van der Waals surface area contributed by atoms with Crippen LogP contribution in [-0.2, 0) is 17.9 Å². The minimum atomic E-state index is -1.62. The van der Waals surface area contributed by atoms with Gasteiger partial charge in [0.05, 0.1) is 29.0 Å². The Bertz CT molecular complexity index is 1020. The van der Waals surface area contributed by atoms with Gasteiger partial charge in [0.25, 0.3) is 5.91 Å². The minimum absolute atomic E-state index is 0.129. The Labute approximate surface area is 172 Å². The van der Waals surface area contributed by atoms with E-state index in [1.165, 1.54) is 11.3 Å². The maximum Gasteiger partial charge on any atom is 0.252 e. The van der Waals surface area contributed by atoms with Gasteiger partial charge in [-0.2, -0.15) is 5.10 Å². The van der Waals surface area contributed by atoms with Gasteiger partial charge in [-0.05, 0) is 23.8 Å². The summed E-state index contributed by atoms with van der Waals surface area (Å²) < 4.78 is 2.59. The molecule has 0 unspecified atom stereocenters. The predicted octanol–water partition coefficient (Wildman–Crippen LogP) is 2.50. The lowest BCUT2D eigenvalue weighted by Crippen LogP contribution is -2.38. The molecule has 0 bridgehead atoms. The summed E-state index contributed by atoms with van der Waals surface area (Å²) in [5, 5.41) is 27.8. The zero-order valence-electron chi connectivity index (χ0n) is 15.7. The molecule has 0 fully saturated rings. The molecule has 0 aliphatic heterocycles. The largest absolute Gasteiger partial charge is 0.383 e.